The molecule has 7 nitrogen and oxygen atoms in total. The Morgan fingerprint density at radius 1 is 1.09 bits per heavy atom. The molecule has 0 fully saturated rings. The van der Waals surface area contributed by atoms with E-state index in [-0.39, 0.29) is 11.7 Å². The summed E-state index contributed by atoms with van der Waals surface area (Å²) in [7, 11) is 0. The number of rotatable bonds is 8. The van der Waals surface area contributed by atoms with Crippen molar-refractivity contribution in [3.05, 3.63) is 65.5 Å². The molecule has 0 radical (unpaired) electrons. The Bertz CT molecular complexity index is 1180. The third-order valence-electron chi connectivity index (χ3n) is 4.67. The van der Waals surface area contributed by atoms with E-state index in [0.29, 0.717) is 22.0 Å². The first kappa shape index (κ1) is 22.0. The number of nitrogens with zero attached hydrogens (tertiary/aromatic N) is 4. The van der Waals surface area contributed by atoms with Crippen LogP contribution in [0.2, 0.25) is 0 Å². The van der Waals surface area contributed by atoms with Crippen molar-refractivity contribution in [3.63, 3.8) is 0 Å². The maximum Gasteiger partial charge on any atom is 0.236 e. The second kappa shape index (κ2) is 9.97. The van der Waals surface area contributed by atoms with Gasteiger partial charge < -0.3 is 11.2 Å². The Morgan fingerprint density at radius 3 is 2.56 bits per heavy atom. The normalized spacial score (nSPS) is 11.1. The van der Waals surface area contributed by atoms with Crippen molar-refractivity contribution in [2.45, 2.75) is 25.4 Å². The summed E-state index contributed by atoms with van der Waals surface area (Å²) < 4.78 is 1.40. The molecule has 2 heterocycles. The summed E-state index contributed by atoms with van der Waals surface area (Å²) >= 11 is 2.63. The van der Waals surface area contributed by atoms with E-state index in [9.17, 15) is 4.79 Å². The molecule has 9 heteroatoms. The number of nitrogen functional groups attached to an aromatic ring is 1. The van der Waals surface area contributed by atoms with Gasteiger partial charge in [-0.15, -0.1) is 21.5 Å². The van der Waals surface area contributed by atoms with Gasteiger partial charge in [0, 0.05) is 16.5 Å². The van der Waals surface area contributed by atoms with Crippen molar-refractivity contribution in [1.29, 1.82) is 0 Å². The maximum absolute atomic E-state index is 12.4. The van der Waals surface area contributed by atoms with Crippen LogP contribution in [0.25, 0.3) is 22.6 Å². The molecule has 1 amide bonds. The third kappa shape index (κ3) is 5.35. The molecule has 164 valence electrons. The van der Waals surface area contributed by atoms with Gasteiger partial charge >= 0.3 is 0 Å². The lowest BCUT2D eigenvalue weighted by Gasteiger charge is -2.05. The fraction of sp³-hybridized carbons (Fsp3) is 0.217. The quantitative estimate of drug-likeness (QED) is 0.289. The number of carbonyl (C=O) groups excluding carboxylic acids is 1. The average molecular weight is 465 g/mol. The second-order valence-electron chi connectivity index (χ2n) is 7.71. The van der Waals surface area contributed by atoms with Crippen LogP contribution >= 0.6 is 23.1 Å². The minimum atomic E-state index is -0.174. The van der Waals surface area contributed by atoms with Gasteiger partial charge in [0.15, 0.2) is 11.0 Å². The molecule has 4 aromatic rings. The number of anilines is 1. The molecule has 0 saturated carbocycles. The summed E-state index contributed by atoms with van der Waals surface area (Å²) in [5.41, 5.74) is 4.07. The lowest BCUT2D eigenvalue weighted by molar-refractivity contribution is -0.113. The summed E-state index contributed by atoms with van der Waals surface area (Å²) in [5, 5.41) is 14.1. The number of amides is 1. The van der Waals surface area contributed by atoms with Crippen LogP contribution in [0.15, 0.2) is 65.1 Å². The highest BCUT2D eigenvalue weighted by Crippen LogP contribution is 2.26. The summed E-state index contributed by atoms with van der Waals surface area (Å²) in [5.74, 6) is 7.27. The highest BCUT2D eigenvalue weighted by Gasteiger charge is 2.14. The van der Waals surface area contributed by atoms with Gasteiger partial charge in [-0.3, -0.25) is 4.79 Å². The predicted octanol–water partition coefficient (Wildman–Crippen LogP) is 4.71. The Labute approximate surface area is 195 Å². The number of aromatic nitrogens is 4. The van der Waals surface area contributed by atoms with Gasteiger partial charge in [-0.05, 0) is 17.9 Å². The largest absolute Gasteiger partial charge is 0.335 e. The molecular formula is C23H24N6OS2. The molecule has 0 unspecified atom stereocenters. The molecule has 0 bridgehead atoms. The van der Waals surface area contributed by atoms with Crippen LogP contribution in [-0.4, -0.2) is 31.5 Å². The Morgan fingerprint density at radius 2 is 1.84 bits per heavy atom. The molecule has 32 heavy (non-hydrogen) atoms. The molecular weight excluding hydrogens is 440 g/mol. The van der Waals surface area contributed by atoms with E-state index < -0.39 is 0 Å². The molecule has 0 aliphatic carbocycles. The van der Waals surface area contributed by atoms with Crippen LogP contribution in [0.4, 0.5) is 5.13 Å². The first-order valence-corrected chi connectivity index (χ1v) is 12.1. The van der Waals surface area contributed by atoms with Gasteiger partial charge in [0.1, 0.15) is 0 Å². The molecule has 0 saturated heterocycles. The van der Waals surface area contributed by atoms with Crippen molar-refractivity contribution in [2.24, 2.45) is 5.92 Å². The van der Waals surface area contributed by atoms with Gasteiger partial charge in [0.25, 0.3) is 0 Å². The minimum absolute atomic E-state index is 0.156. The Kier molecular flexibility index (Phi) is 6.87. The summed E-state index contributed by atoms with van der Waals surface area (Å²) in [4.78, 5) is 17.0. The van der Waals surface area contributed by atoms with E-state index in [2.05, 4.69) is 58.6 Å². The van der Waals surface area contributed by atoms with Crippen molar-refractivity contribution in [3.8, 4) is 22.6 Å². The monoisotopic (exact) mass is 464 g/mol. The number of nitrogens with two attached hydrogens (primary N) is 1. The van der Waals surface area contributed by atoms with Gasteiger partial charge in [-0.2, -0.15) is 0 Å². The fourth-order valence-corrected chi connectivity index (χ4v) is 4.58. The molecule has 3 N–H and O–H groups in total. The number of thioether (sulfide) groups is 1. The number of hydrogen-bond acceptors (Lipinski definition) is 7. The number of benzene rings is 2. The van der Waals surface area contributed by atoms with Crippen molar-refractivity contribution in [2.75, 3.05) is 16.9 Å². The standard InChI is InChI=1S/C23H24N6OS2/c1-15(2)12-16-8-10-17(11-9-16)19-13-31-22(25-19)26-20(30)14-32-23-28-27-21(29(23)24)18-6-4-3-5-7-18/h3-11,13,15H,12,14,24H2,1-2H3,(H,25,26,30). The molecule has 0 aliphatic heterocycles. The highest BCUT2D eigenvalue weighted by molar-refractivity contribution is 7.99. The van der Waals surface area contributed by atoms with Crippen molar-refractivity contribution >= 4 is 34.1 Å². The van der Waals surface area contributed by atoms with Gasteiger partial charge in [-0.25, -0.2) is 9.66 Å². The zero-order chi connectivity index (χ0) is 22.5. The van der Waals surface area contributed by atoms with Gasteiger partial charge in [0.05, 0.1) is 11.4 Å². The Hall–Kier alpha value is -3.17. The third-order valence-corrected chi connectivity index (χ3v) is 6.37. The van der Waals surface area contributed by atoms with Crippen LogP contribution < -0.4 is 11.2 Å². The molecule has 2 aromatic heterocycles. The lowest BCUT2D eigenvalue weighted by atomic mass is 10.0. The van der Waals surface area contributed by atoms with E-state index in [1.807, 2.05) is 35.7 Å². The van der Waals surface area contributed by atoms with Gasteiger partial charge in [0.2, 0.25) is 11.1 Å². The zero-order valence-corrected chi connectivity index (χ0v) is 19.5. The summed E-state index contributed by atoms with van der Waals surface area (Å²) in [6.45, 7) is 4.42. The predicted molar refractivity (Wildman–Crippen MR) is 131 cm³/mol. The van der Waals surface area contributed by atoms with E-state index in [0.717, 1.165) is 23.2 Å². The molecule has 2 aromatic carbocycles. The van der Waals surface area contributed by atoms with Crippen LogP contribution in [0.3, 0.4) is 0 Å². The fourth-order valence-electron chi connectivity index (χ4n) is 3.19. The Balaban J connectivity index is 1.34. The number of nitrogens with one attached hydrogen (secondary N) is 1. The number of thiazole rings is 1. The van der Waals surface area contributed by atoms with Crippen LogP contribution in [0, 0.1) is 5.92 Å². The molecule has 0 aliphatic rings. The summed E-state index contributed by atoms with van der Waals surface area (Å²) in [6.07, 6.45) is 1.06. The minimum Gasteiger partial charge on any atom is -0.335 e. The molecule has 0 atom stereocenters. The second-order valence-corrected chi connectivity index (χ2v) is 9.51. The van der Waals surface area contributed by atoms with Crippen LogP contribution in [0.1, 0.15) is 19.4 Å². The lowest BCUT2D eigenvalue weighted by Crippen LogP contribution is -2.16. The maximum atomic E-state index is 12.4. The van der Waals surface area contributed by atoms with Crippen molar-refractivity contribution in [1.82, 2.24) is 19.9 Å². The first-order valence-electron chi connectivity index (χ1n) is 10.2. The van der Waals surface area contributed by atoms with Crippen LogP contribution in [0.5, 0.6) is 0 Å². The SMILES string of the molecule is CC(C)Cc1ccc(-c2csc(NC(=O)CSc3nnc(-c4ccccc4)n3N)n2)cc1. The van der Waals surface area contributed by atoms with E-state index in [4.69, 9.17) is 5.84 Å². The smallest absolute Gasteiger partial charge is 0.236 e. The number of hydrogen-bond donors (Lipinski definition) is 2. The summed E-state index contributed by atoms with van der Waals surface area (Å²) in [6, 6.07) is 18.0. The topological polar surface area (TPSA) is 98.7 Å². The highest BCUT2D eigenvalue weighted by atomic mass is 32.2. The molecule has 4 rings (SSSR count). The molecule has 0 spiro atoms. The van der Waals surface area contributed by atoms with E-state index in [1.165, 1.54) is 33.3 Å². The van der Waals surface area contributed by atoms with E-state index >= 15 is 0 Å². The average Bonchev–Trinajstić information content (AvgIpc) is 3.39. The van der Waals surface area contributed by atoms with Gasteiger partial charge in [-0.1, -0.05) is 80.2 Å². The number of carbonyl (C=O) groups is 1. The first-order chi connectivity index (χ1) is 15.5. The van der Waals surface area contributed by atoms with Crippen LogP contribution in [-0.2, 0) is 11.2 Å². The van der Waals surface area contributed by atoms with Crippen molar-refractivity contribution < 1.29 is 4.79 Å². The van der Waals surface area contributed by atoms with E-state index in [1.54, 1.807) is 0 Å². The zero-order valence-electron chi connectivity index (χ0n) is 17.9.